The van der Waals surface area contributed by atoms with Gasteiger partial charge in [-0.05, 0) is 48.8 Å². The summed E-state index contributed by atoms with van der Waals surface area (Å²) >= 11 is 6.49. The predicted molar refractivity (Wildman–Crippen MR) is 126 cm³/mol. The van der Waals surface area contributed by atoms with E-state index in [2.05, 4.69) is 34.1 Å². The maximum absolute atomic E-state index is 6.73. The molecule has 1 aromatic carbocycles. The lowest BCUT2D eigenvalue weighted by molar-refractivity contribution is 0.187. The number of nitrogens with zero attached hydrogens (tertiary/aromatic N) is 5. The van der Waals surface area contributed by atoms with Crippen molar-refractivity contribution >= 4 is 23.1 Å². The van der Waals surface area contributed by atoms with E-state index in [-0.39, 0.29) is 11.5 Å². The number of fused-ring (bicyclic) bond motifs is 2. The molecule has 0 amide bonds. The lowest BCUT2D eigenvalue weighted by Gasteiger charge is -2.42. The number of benzene rings is 1. The second kappa shape index (κ2) is 7.36. The van der Waals surface area contributed by atoms with E-state index in [4.69, 9.17) is 32.3 Å². The van der Waals surface area contributed by atoms with Gasteiger partial charge >= 0.3 is 0 Å². The third-order valence-electron chi connectivity index (χ3n) is 7.44. The fourth-order valence-corrected chi connectivity index (χ4v) is 5.74. The van der Waals surface area contributed by atoms with Gasteiger partial charge in [0.1, 0.15) is 11.5 Å². The lowest BCUT2D eigenvalue weighted by Crippen LogP contribution is -2.44. The third kappa shape index (κ3) is 2.97. The second-order valence-corrected chi connectivity index (χ2v) is 9.53. The van der Waals surface area contributed by atoms with Gasteiger partial charge in [-0.2, -0.15) is 0 Å². The predicted octanol–water partition coefficient (Wildman–Crippen LogP) is 4.03. The van der Waals surface area contributed by atoms with Crippen molar-refractivity contribution in [2.75, 3.05) is 18.0 Å². The highest BCUT2D eigenvalue weighted by molar-refractivity contribution is 6.36. The molecule has 3 aliphatic rings. The van der Waals surface area contributed by atoms with Gasteiger partial charge in [0, 0.05) is 30.9 Å². The van der Waals surface area contributed by atoms with Gasteiger partial charge in [-0.25, -0.2) is 9.97 Å². The Morgan fingerprint density at radius 3 is 2.75 bits per heavy atom. The lowest BCUT2D eigenvalue weighted by atomic mass is 9.73. The Kier molecular flexibility index (Phi) is 4.56. The van der Waals surface area contributed by atoms with Crippen LogP contribution in [0.2, 0.25) is 5.02 Å². The van der Waals surface area contributed by atoms with E-state index in [1.807, 2.05) is 19.2 Å². The van der Waals surface area contributed by atoms with Gasteiger partial charge in [0.05, 0.1) is 34.9 Å². The van der Waals surface area contributed by atoms with Gasteiger partial charge in [0.15, 0.2) is 0 Å². The number of aromatic nitrogens is 3. The van der Waals surface area contributed by atoms with Crippen LogP contribution in [0.5, 0.6) is 0 Å². The molecule has 4 heterocycles. The number of nitrogens with two attached hydrogens (primary N) is 1. The molecule has 1 aliphatic carbocycles. The summed E-state index contributed by atoms with van der Waals surface area (Å²) in [4.78, 5) is 21.0. The van der Waals surface area contributed by atoms with Crippen molar-refractivity contribution in [2.24, 2.45) is 16.1 Å². The minimum Gasteiger partial charge on any atom is -0.355 e. The fourth-order valence-electron chi connectivity index (χ4n) is 5.54. The molecule has 2 aromatic heterocycles. The largest absolute Gasteiger partial charge is 0.355 e. The Labute approximate surface area is 192 Å². The normalized spacial score (nSPS) is 20.9. The summed E-state index contributed by atoms with van der Waals surface area (Å²) in [5, 5.41) is 0.625. The van der Waals surface area contributed by atoms with E-state index < -0.39 is 0 Å². The van der Waals surface area contributed by atoms with Crippen LogP contribution in [0.1, 0.15) is 52.7 Å². The minimum absolute atomic E-state index is 0.122. The number of anilines is 1. The summed E-state index contributed by atoms with van der Waals surface area (Å²) in [7, 11) is 0. The molecule has 1 saturated heterocycles. The molecule has 6 nitrogen and oxygen atoms in total. The average molecular weight is 445 g/mol. The van der Waals surface area contributed by atoms with Crippen molar-refractivity contribution in [3.05, 3.63) is 81.5 Å². The quantitative estimate of drug-likeness (QED) is 0.645. The number of aryl methyl sites for hydroxylation is 1. The zero-order valence-corrected chi connectivity index (χ0v) is 18.8. The van der Waals surface area contributed by atoms with Gasteiger partial charge in [0.2, 0.25) is 0 Å². The first-order valence-electron chi connectivity index (χ1n) is 11.2. The molecule has 162 valence electrons. The van der Waals surface area contributed by atoms with Crippen molar-refractivity contribution in [3.63, 3.8) is 0 Å². The molecule has 0 radical (unpaired) electrons. The first kappa shape index (κ1) is 19.8. The summed E-state index contributed by atoms with van der Waals surface area (Å²) in [6.07, 6.45) is 6.85. The number of hydrogen-bond donors (Lipinski definition) is 1. The Morgan fingerprint density at radius 1 is 1.12 bits per heavy atom. The van der Waals surface area contributed by atoms with E-state index in [1.54, 1.807) is 6.20 Å². The summed E-state index contributed by atoms with van der Waals surface area (Å²) in [5.74, 6) is 0.927. The van der Waals surface area contributed by atoms with Crippen LogP contribution >= 0.6 is 11.6 Å². The van der Waals surface area contributed by atoms with Crippen LogP contribution in [0, 0.1) is 12.3 Å². The van der Waals surface area contributed by atoms with Gasteiger partial charge in [-0.3, -0.25) is 9.98 Å². The van der Waals surface area contributed by atoms with E-state index in [1.165, 1.54) is 11.1 Å². The standard InChI is InChI=1S/C25H25ClN6/c1-15-21(26)18(6-9-28-15)22-23-19(13-29-22)31-20(14-30-23)32-10-7-25(8-11-32)12-16-4-2-3-5-17(16)24(25)27/h2-6,9,14,24H,7-8,10-13,27H2,1H3/t24-/m1/s1. The molecule has 0 saturated carbocycles. The molecular weight excluding hydrogens is 420 g/mol. The molecule has 0 unspecified atom stereocenters. The Bertz CT molecular complexity index is 1240. The molecule has 3 aromatic rings. The Hall–Kier alpha value is -2.83. The van der Waals surface area contributed by atoms with Crippen LogP contribution in [-0.2, 0) is 13.0 Å². The van der Waals surface area contributed by atoms with Crippen LogP contribution in [-0.4, -0.2) is 33.8 Å². The van der Waals surface area contributed by atoms with E-state index >= 15 is 0 Å². The molecule has 0 bridgehead atoms. The third-order valence-corrected chi connectivity index (χ3v) is 7.91. The van der Waals surface area contributed by atoms with Crippen molar-refractivity contribution in [1.82, 2.24) is 15.0 Å². The maximum atomic E-state index is 6.73. The summed E-state index contributed by atoms with van der Waals surface area (Å²) < 4.78 is 0. The number of aliphatic imine (C=N–C) groups is 1. The smallest absolute Gasteiger partial charge is 0.147 e. The minimum atomic E-state index is 0.122. The Morgan fingerprint density at radius 2 is 1.94 bits per heavy atom. The molecule has 1 spiro atoms. The van der Waals surface area contributed by atoms with Crippen LogP contribution in [0.3, 0.4) is 0 Å². The van der Waals surface area contributed by atoms with Gasteiger partial charge in [0.25, 0.3) is 0 Å². The van der Waals surface area contributed by atoms with Crippen LogP contribution in [0.25, 0.3) is 0 Å². The SMILES string of the molecule is Cc1nccc(C2=NCc3nc(N4CCC5(CC4)Cc4ccccc4[C@H]5N)cnc32)c1Cl. The highest BCUT2D eigenvalue weighted by Gasteiger charge is 2.46. The highest BCUT2D eigenvalue weighted by atomic mass is 35.5. The van der Waals surface area contributed by atoms with E-state index in [9.17, 15) is 0 Å². The van der Waals surface area contributed by atoms with Gasteiger partial charge < -0.3 is 10.6 Å². The highest BCUT2D eigenvalue weighted by Crippen LogP contribution is 2.50. The Balaban J connectivity index is 1.21. The number of pyridine rings is 1. The van der Waals surface area contributed by atoms with Crippen molar-refractivity contribution in [3.8, 4) is 0 Å². The zero-order valence-electron chi connectivity index (χ0n) is 18.1. The molecule has 2 N–H and O–H groups in total. The second-order valence-electron chi connectivity index (χ2n) is 9.15. The molecule has 1 atom stereocenters. The van der Waals surface area contributed by atoms with Crippen molar-refractivity contribution < 1.29 is 0 Å². The average Bonchev–Trinajstić information content (AvgIpc) is 3.35. The summed E-state index contributed by atoms with van der Waals surface area (Å²) in [5.41, 5.74) is 13.8. The molecule has 2 aliphatic heterocycles. The summed E-state index contributed by atoms with van der Waals surface area (Å²) in [6, 6.07) is 10.7. The van der Waals surface area contributed by atoms with Gasteiger partial charge in [-0.15, -0.1) is 0 Å². The van der Waals surface area contributed by atoms with Gasteiger partial charge in [-0.1, -0.05) is 35.9 Å². The number of halogens is 1. The monoisotopic (exact) mass is 444 g/mol. The molecule has 32 heavy (non-hydrogen) atoms. The zero-order chi connectivity index (χ0) is 21.9. The van der Waals surface area contributed by atoms with Crippen LogP contribution < -0.4 is 10.6 Å². The van der Waals surface area contributed by atoms with Crippen molar-refractivity contribution in [2.45, 2.75) is 38.8 Å². The topological polar surface area (TPSA) is 80.3 Å². The summed E-state index contributed by atoms with van der Waals surface area (Å²) in [6.45, 7) is 4.31. The molecular formula is C25H25ClN6. The van der Waals surface area contributed by atoms with E-state index in [0.717, 1.165) is 66.5 Å². The van der Waals surface area contributed by atoms with Crippen LogP contribution in [0.4, 0.5) is 5.82 Å². The number of hydrogen-bond acceptors (Lipinski definition) is 6. The van der Waals surface area contributed by atoms with Crippen molar-refractivity contribution in [1.29, 1.82) is 0 Å². The molecule has 7 heteroatoms. The number of piperidine rings is 1. The molecule has 6 rings (SSSR count). The van der Waals surface area contributed by atoms with E-state index in [0.29, 0.717) is 11.6 Å². The van der Waals surface area contributed by atoms with Crippen LogP contribution in [0.15, 0.2) is 47.7 Å². The first-order valence-corrected chi connectivity index (χ1v) is 11.5. The fraction of sp³-hybridized carbons (Fsp3) is 0.360. The number of rotatable bonds is 2. The molecule has 1 fully saturated rings. The first-order chi connectivity index (χ1) is 15.6. The maximum Gasteiger partial charge on any atom is 0.147 e.